The molecule has 0 aliphatic heterocycles. The highest BCUT2D eigenvalue weighted by molar-refractivity contribution is 5.79. The number of carbonyl (C=O) groups excluding carboxylic acids is 1. The summed E-state index contributed by atoms with van der Waals surface area (Å²) in [5.41, 5.74) is 0.824. The highest BCUT2D eigenvalue weighted by atomic mass is 19.4. The van der Waals surface area contributed by atoms with Crippen LogP contribution in [0.3, 0.4) is 0 Å². The molecule has 4 rings (SSSR count). The summed E-state index contributed by atoms with van der Waals surface area (Å²) in [6.07, 6.45) is -1.31. The summed E-state index contributed by atoms with van der Waals surface area (Å²) in [5, 5.41) is 11.3. The Morgan fingerprint density at radius 3 is 2.37 bits per heavy atom. The van der Waals surface area contributed by atoms with Crippen molar-refractivity contribution in [2.24, 2.45) is 0 Å². The molecule has 4 aromatic rings. The SMILES string of the molecule is O=CO.[C-]#[N+]c1ccc(-n2nccc2-c2c(C)n(-c3cccc(C(F)(F)F)c3)c(=O)n2CC(=O)CCCCN(C)C)cc1. The van der Waals surface area contributed by atoms with Crippen molar-refractivity contribution in [1.29, 1.82) is 0 Å². The van der Waals surface area contributed by atoms with Gasteiger partial charge in [0.15, 0.2) is 11.5 Å². The van der Waals surface area contributed by atoms with Gasteiger partial charge in [-0.05, 0) is 76.8 Å². The van der Waals surface area contributed by atoms with Gasteiger partial charge in [-0.3, -0.25) is 18.7 Å². The van der Waals surface area contributed by atoms with E-state index in [9.17, 15) is 22.8 Å². The lowest BCUT2D eigenvalue weighted by Gasteiger charge is -2.12. The Hall–Kier alpha value is -4.96. The predicted molar refractivity (Wildman–Crippen MR) is 155 cm³/mol. The maximum atomic E-state index is 13.8. The van der Waals surface area contributed by atoms with Crippen molar-refractivity contribution >= 4 is 17.9 Å². The second kappa shape index (κ2) is 14.3. The van der Waals surface area contributed by atoms with Crippen LogP contribution >= 0.6 is 0 Å². The normalized spacial score (nSPS) is 11.1. The van der Waals surface area contributed by atoms with Crippen molar-refractivity contribution in [3.05, 3.63) is 94.0 Å². The molecule has 2 heterocycles. The first-order valence-corrected chi connectivity index (χ1v) is 13.2. The van der Waals surface area contributed by atoms with Crippen molar-refractivity contribution in [3.8, 4) is 22.8 Å². The Balaban J connectivity index is 0.00000162. The molecular weight excluding hydrogens is 565 g/mol. The second-order valence-corrected chi connectivity index (χ2v) is 9.85. The third kappa shape index (κ3) is 7.87. The molecule has 0 fully saturated rings. The molecule has 0 saturated heterocycles. The summed E-state index contributed by atoms with van der Waals surface area (Å²) in [6, 6.07) is 12.9. The minimum absolute atomic E-state index is 0.0447. The minimum atomic E-state index is -4.59. The number of halogens is 3. The Morgan fingerprint density at radius 1 is 1.09 bits per heavy atom. The van der Waals surface area contributed by atoms with Crippen LogP contribution in [0.1, 0.15) is 30.5 Å². The molecule has 0 saturated carbocycles. The molecule has 0 radical (unpaired) electrons. The van der Waals surface area contributed by atoms with Crippen LogP contribution in [-0.4, -0.2) is 61.8 Å². The molecule has 0 aliphatic rings. The molecule has 0 amide bonds. The molecule has 0 unspecified atom stereocenters. The summed E-state index contributed by atoms with van der Waals surface area (Å²) in [4.78, 5) is 40.6. The number of imidazole rings is 1. The number of alkyl halides is 3. The van der Waals surface area contributed by atoms with Gasteiger partial charge < -0.3 is 10.0 Å². The van der Waals surface area contributed by atoms with Crippen molar-refractivity contribution in [2.45, 2.75) is 38.9 Å². The van der Waals surface area contributed by atoms with Gasteiger partial charge in [0.2, 0.25) is 0 Å². The lowest BCUT2D eigenvalue weighted by molar-refractivity contribution is -0.137. The molecule has 0 spiro atoms. The van der Waals surface area contributed by atoms with Gasteiger partial charge in [0.05, 0.1) is 53.3 Å². The number of aromatic nitrogens is 4. The van der Waals surface area contributed by atoms with Crippen LogP contribution in [0.4, 0.5) is 18.9 Å². The molecule has 226 valence electrons. The number of hydrogen-bond acceptors (Lipinski definition) is 5. The van der Waals surface area contributed by atoms with E-state index in [1.807, 2.05) is 19.0 Å². The van der Waals surface area contributed by atoms with E-state index in [2.05, 4.69) is 9.94 Å². The van der Waals surface area contributed by atoms with Crippen molar-refractivity contribution in [1.82, 2.24) is 23.8 Å². The molecule has 0 bridgehead atoms. The van der Waals surface area contributed by atoms with Crippen molar-refractivity contribution in [2.75, 3.05) is 20.6 Å². The summed E-state index contributed by atoms with van der Waals surface area (Å²) in [5.74, 6) is -0.157. The number of ketones is 1. The number of benzene rings is 2. The molecule has 43 heavy (non-hydrogen) atoms. The molecule has 10 nitrogen and oxygen atoms in total. The largest absolute Gasteiger partial charge is 0.483 e. The first-order valence-electron chi connectivity index (χ1n) is 13.2. The number of Topliss-reactive ketones (excluding diaryl/α,β-unsaturated/α-hetero) is 1. The van der Waals surface area contributed by atoms with E-state index in [4.69, 9.17) is 16.5 Å². The topological polar surface area (TPSA) is 107 Å². The number of carboxylic acid groups (broad SMARTS) is 1. The third-order valence-electron chi connectivity index (χ3n) is 6.56. The van der Waals surface area contributed by atoms with E-state index < -0.39 is 17.4 Å². The summed E-state index contributed by atoms with van der Waals surface area (Å²) in [6.45, 7) is 9.17. The van der Waals surface area contributed by atoms with Gasteiger partial charge in [-0.25, -0.2) is 14.3 Å². The summed E-state index contributed by atoms with van der Waals surface area (Å²) < 4.78 is 44.5. The van der Waals surface area contributed by atoms with Crippen LogP contribution in [0.15, 0.2) is 65.6 Å². The van der Waals surface area contributed by atoms with Crippen LogP contribution in [0.5, 0.6) is 0 Å². The fourth-order valence-electron chi connectivity index (χ4n) is 4.62. The van der Waals surface area contributed by atoms with Crippen molar-refractivity contribution < 1.29 is 27.9 Å². The fraction of sp³-hybridized carbons (Fsp3) is 0.300. The van der Waals surface area contributed by atoms with Gasteiger partial charge >= 0.3 is 11.9 Å². The van der Waals surface area contributed by atoms with Crippen LogP contribution in [0.25, 0.3) is 27.6 Å². The lowest BCUT2D eigenvalue weighted by Crippen LogP contribution is -2.27. The smallest absolute Gasteiger partial charge is 0.416 e. The van der Waals surface area contributed by atoms with E-state index in [0.717, 1.165) is 25.1 Å². The van der Waals surface area contributed by atoms with E-state index in [1.54, 1.807) is 41.9 Å². The van der Waals surface area contributed by atoms with Crippen molar-refractivity contribution in [3.63, 3.8) is 0 Å². The maximum absolute atomic E-state index is 13.8. The number of carbonyl (C=O) groups is 2. The average Bonchev–Trinajstić information content (AvgIpc) is 3.53. The average molecular weight is 597 g/mol. The predicted octanol–water partition coefficient (Wildman–Crippen LogP) is 5.37. The summed E-state index contributed by atoms with van der Waals surface area (Å²) >= 11 is 0. The van der Waals surface area contributed by atoms with E-state index in [0.29, 0.717) is 34.9 Å². The standard InChI is InChI=1S/C29H29F3N6O2.CH2O2/c1-20-27(26-15-16-34-38(26)23-13-11-22(33-2)12-14-23)36(19-25(39)10-5-6-17-35(3)4)28(40)37(20)24-9-7-8-21(18-24)29(30,31)32;2-1-3/h7-9,11-16,18H,5-6,10,17,19H2,1,3-4H3;1H,(H,2,3). The van der Waals surface area contributed by atoms with Crippen LogP contribution in [-0.2, 0) is 22.3 Å². The minimum Gasteiger partial charge on any atom is -0.483 e. The Kier molecular flexibility index (Phi) is 10.8. The molecule has 1 N–H and O–H groups in total. The van der Waals surface area contributed by atoms with E-state index in [1.165, 1.54) is 27.5 Å². The number of nitrogens with zero attached hydrogens (tertiary/aromatic N) is 6. The van der Waals surface area contributed by atoms with Crippen LogP contribution in [0, 0.1) is 13.5 Å². The molecular formula is C30H31F3N6O4. The van der Waals surface area contributed by atoms with Gasteiger partial charge in [-0.2, -0.15) is 18.3 Å². The monoisotopic (exact) mass is 596 g/mol. The molecule has 2 aromatic carbocycles. The zero-order valence-corrected chi connectivity index (χ0v) is 23.9. The number of unbranched alkanes of at least 4 members (excludes halogenated alkanes) is 1. The zero-order valence-electron chi connectivity index (χ0n) is 23.9. The van der Waals surface area contributed by atoms with Gasteiger partial charge in [-0.15, -0.1) is 0 Å². The first-order chi connectivity index (χ1) is 20.4. The third-order valence-corrected chi connectivity index (χ3v) is 6.56. The second-order valence-electron chi connectivity index (χ2n) is 9.85. The summed E-state index contributed by atoms with van der Waals surface area (Å²) in [7, 11) is 3.90. The molecule has 13 heteroatoms. The highest BCUT2D eigenvalue weighted by Gasteiger charge is 2.31. The quantitative estimate of drug-likeness (QED) is 0.150. The fourth-order valence-corrected chi connectivity index (χ4v) is 4.62. The Bertz CT molecular complexity index is 1660. The molecule has 0 atom stereocenters. The van der Waals surface area contributed by atoms with E-state index >= 15 is 0 Å². The molecule has 0 aliphatic carbocycles. The Morgan fingerprint density at radius 2 is 1.77 bits per heavy atom. The Labute approximate surface area is 246 Å². The van der Waals surface area contributed by atoms with Gasteiger partial charge in [0.1, 0.15) is 0 Å². The van der Waals surface area contributed by atoms with Gasteiger partial charge in [-0.1, -0.05) is 18.2 Å². The highest BCUT2D eigenvalue weighted by Crippen LogP contribution is 2.32. The zero-order chi connectivity index (χ0) is 31.7. The lowest BCUT2D eigenvalue weighted by atomic mass is 10.1. The first kappa shape index (κ1) is 32.6. The van der Waals surface area contributed by atoms with Crippen LogP contribution in [0.2, 0.25) is 0 Å². The van der Waals surface area contributed by atoms with Gasteiger partial charge in [0.25, 0.3) is 6.47 Å². The number of hydrogen-bond donors (Lipinski definition) is 1. The van der Waals surface area contributed by atoms with E-state index in [-0.39, 0.29) is 30.9 Å². The molecule has 2 aromatic heterocycles. The number of rotatable bonds is 10. The van der Waals surface area contributed by atoms with Crippen LogP contribution < -0.4 is 5.69 Å². The van der Waals surface area contributed by atoms with Gasteiger partial charge in [0, 0.05) is 6.42 Å². The maximum Gasteiger partial charge on any atom is 0.416 e.